The normalized spacial score (nSPS) is 29.0. The third-order valence-electron chi connectivity index (χ3n) is 4.43. The van der Waals surface area contributed by atoms with Gasteiger partial charge < -0.3 is 5.11 Å². The van der Waals surface area contributed by atoms with Crippen LogP contribution in [0.3, 0.4) is 0 Å². The van der Waals surface area contributed by atoms with Gasteiger partial charge in [0, 0.05) is 6.04 Å². The van der Waals surface area contributed by atoms with E-state index >= 15 is 0 Å². The molecule has 17 heavy (non-hydrogen) atoms. The van der Waals surface area contributed by atoms with Crippen LogP contribution < -0.4 is 0 Å². The van der Waals surface area contributed by atoms with Gasteiger partial charge in [0.05, 0.1) is 0 Å². The summed E-state index contributed by atoms with van der Waals surface area (Å²) >= 11 is 0. The van der Waals surface area contributed by atoms with Crippen molar-refractivity contribution in [3.63, 3.8) is 0 Å². The van der Waals surface area contributed by atoms with E-state index in [1.165, 1.54) is 12.8 Å². The molecule has 0 radical (unpaired) electrons. The van der Waals surface area contributed by atoms with Crippen molar-refractivity contribution in [3.05, 3.63) is 0 Å². The van der Waals surface area contributed by atoms with E-state index in [4.69, 9.17) is 0 Å². The van der Waals surface area contributed by atoms with Gasteiger partial charge in [-0.3, -0.25) is 9.69 Å². The van der Waals surface area contributed by atoms with Gasteiger partial charge in [-0.25, -0.2) is 0 Å². The molecule has 1 rings (SSSR count). The van der Waals surface area contributed by atoms with Gasteiger partial charge in [0.1, 0.15) is 5.54 Å². The fourth-order valence-corrected chi connectivity index (χ4v) is 3.08. The lowest BCUT2D eigenvalue weighted by molar-refractivity contribution is -0.152. The molecule has 0 saturated heterocycles. The van der Waals surface area contributed by atoms with E-state index in [1.54, 1.807) is 0 Å². The molecule has 1 aliphatic carbocycles. The molecule has 1 saturated carbocycles. The molecule has 1 N–H and O–H groups in total. The molecule has 0 aromatic carbocycles. The highest BCUT2D eigenvalue weighted by Crippen LogP contribution is 2.32. The molecule has 3 heteroatoms. The van der Waals surface area contributed by atoms with Crippen LogP contribution in [0.25, 0.3) is 0 Å². The number of rotatable bonds is 5. The van der Waals surface area contributed by atoms with Crippen LogP contribution in [-0.4, -0.2) is 34.6 Å². The highest BCUT2D eigenvalue weighted by molar-refractivity contribution is 5.78. The Kier molecular flexibility index (Phi) is 4.99. The van der Waals surface area contributed by atoms with E-state index in [0.717, 1.165) is 31.6 Å². The van der Waals surface area contributed by atoms with Crippen LogP contribution in [-0.2, 0) is 4.79 Å². The molecule has 0 bridgehead atoms. The van der Waals surface area contributed by atoms with Gasteiger partial charge in [0.25, 0.3) is 0 Å². The third kappa shape index (κ3) is 3.21. The molecule has 3 atom stereocenters. The zero-order valence-corrected chi connectivity index (χ0v) is 11.7. The molecule has 1 fully saturated rings. The van der Waals surface area contributed by atoms with Crippen LogP contribution >= 0.6 is 0 Å². The second-order valence-corrected chi connectivity index (χ2v) is 5.87. The predicted molar refractivity (Wildman–Crippen MR) is 70.1 cm³/mol. The van der Waals surface area contributed by atoms with Crippen LogP contribution in [0.15, 0.2) is 0 Å². The minimum absolute atomic E-state index is 0.436. The van der Waals surface area contributed by atoms with E-state index in [0.29, 0.717) is 6.04 Å². The van der Waals surface area contributed by atoms with Crippen LogP contribution in [0.2, 0.25) is 0 Å². The van der Waals surface area contributed by atoms with Crippen molar-refractivity contribution in [1.82, 2.24) is 4.90 Å². The van der Waals surface area contributed by atoms with Crippen molar-refractivity contribution in [2.75, 3.05) is 7.05 Å². The highest BCUT2D eigenvalue weighted by Gasteiger charge is 2.40. The third-order valence-corrected chi connectivity index (χ3v) is 4.43. The van der Waals surface area contributed by atoms with Gasteiger partial charge in [0.2, 0.25) is 0 Å². The van der Waals surface area contributed by atoms with Gasteiger partial charge in [-0.15, -0.1) is 0 Å². The van der Waals surface area contributed by atoms with Gasteiger partial charge in [-0.1, -0.05) is 33.1 Å². The van der Waals surface area contributed by atoms with Gasteiger partial charge >= 0.3 is 5.97 Å². The fraction of sp³-hybridized carbons (Fsp3) is 0.929. The highest BCUT2D eigenvalue weighted by atomic mass is 16.4. The molecule has 0 aromatic rings. The Balaban J connectivity index is 2.76. The largest absolute Gasteiger partial charge is 0.480 e. The summed E-state index contributed by atoms with van der Waals surface area (Å²) in [5.74, 6) is 0.0518. The lowest BCUT2D eigenvalue weighted by Gasteiger charge is -2.43. The Morgan fingerprint density at radius 3 is 2.59 bits per heavy atom. The smallest absolute Gasteiger partial charge is 0.323 e. The molecule has 0 aliphatic heterocycles. The molecular weight excluding hydrogens is 214 g/mol. The zero-order chi connectivity index (χ0) is 13.1. The summed E-state index contributed by atoms with van der Waals surface area (Å²) in [6, 6.07) is 0.436. The van der Waals surface area contributed by atoms with Crippen molar-refractivity contribution < 1.29 is 9.90 Å². The molecule has 3 unspecified atom stereocenters. The predicted octanol–water partition coefficient (Wildman–Crippen LogP) is 3.14. The molecule has 0 amide bonds. The number of aliphatic carboxylic acids is 1. The first-order chi connectivity index (χ1) is 7.91. The van der Waals surface area contributed by atoms with Crippen molar-refractivity contribution in [3.8, 4) is 0 Å². The van der Waals surface area contributed by atoms with E-state index in [9.17, 15) is 9.90 Å². The summed E-state index contributed by atoms with van der Waals surface area (Å²) in [4.78, 5) is 13.7. The molecule has 0 aromatic heterocycles. The lowest BCUT2D eigenvalue weighted by Crippen LogP contribution is -2.55. The first kappa shape index (κ1) is 14.5. The Hall–Kier alpha value is -0.570. The van der Waals surface area contributed by atoms with E-state index in [2.05, 4.69) is 18.7 Å². The van der Waals surface area contributed by atoms with Crippen molar-refractivity contribution in [2.24, 2.45) is 5.92 Å². The lowest BCUT2D eigenvalue weighted by atomic mass is 9.83. The van der Waals surface area contributed by atoms with E-state index in [-0.39, 0.29) is 0 Å². The summed E-state index contributed by atoms with van der Waals surface area (Å²) in [7, 11) is 1.99. The van der Waals surface area contributed by atoms with Crippen molar-refractivity contribution in [1.29, 1.82) is 0 Å². The average Bonchev–Trinajstić information content (AvgIpc) is 2.28. The maximum absolute atomic E-state index is 11.5. The molecular formula is C14H27NO2. The quantitative estimate of drug-likeness (QED) is 0.804. The van der Waals surface area contributed by atoms with E-state index < -0.39 is 11.5 Å². The Morgan fingerprint density at radius 1 is 1.47 bits per heavy atom. The molecule has 100 valence electrons. The maximum atomic E-state index is 11.5. The first-order valence-corrected chi connectivity index (χ1v) is 6.88. The summed E-state index contributed by atoms with van der Waals surface area (Å²) in [5, 5.41) is 9.49. The Morgan fingerprint density at radius 2 is 2.12 bits per heavy atom. The van der Waals surface area contributed by atoms with Gasteiger partial charge in [-0.05, 0) is 39.2 Å². The Bertz CT molecular complexity index is 267. The number of hydrogen-bond donors (Lipinski definition) is 1. The second kappa shape index (κ2) is 5.85. The Labute approximate surface area is 105 Å². The van der Waals surface area contributed by atoms with Gasteiger partial charge in [0.15, 0.2) is 0 Å². The molecule has 1 aliphatic rings. The zero-order valence-electron chi connectivity index (χ0n) is 11.7. The SMILES string of the molecule is CCCC(C)(C(=O)O)N(C)C1CCCC(C)C1. The molecule has 3 nitrogen and oxygen atoms in total. The van der Waals surface area contributed by atoms with Crippen LogP contribution in [0.1, 0.15) is 59.3 Å². The summed E-state index contributed by atoms with van der Waals surface area (Å²) in [6.45, 7) is 6.20. The van der Waals surface area contributed by atoms with Crippen LogP contribution in [0.4, 0.5) is 0 Å². The van der Waals surface area contributed by atoms with Crippen molar-refractivity contribution >= 4 is 5.97 Å². The summed E-state index contributed by atoms with van der Waals surface area (Å²) in [6.07, 6.45) is 6.45. The minimum Gasteiger partial charge on any atom is -0.480 e. The number of hydrogen-bond acceptors (Lipinski definition) is 2. The standard InChI is InChI=1S/C14H27NO2/c1-5-9-14(3,13(16)17)15(4)12-8-6-7-11(2)10-12/h11-12H,5-10H2,1-4H3,(H,16,17). The van der Waals surface area contributed by atoms with Gasteiger partial charge in [-0.2, -0.15) is 0 Å². The fourth-order valence-electron chi connectivity index (χ4n) is 3.08. The maximum Gasteiger partial charge on any atom is 0.323 e. The topological polar surface area (TPSA) is 40.5 Å². The molecule has 0 spiro atoms. The van der Waals surface area contributed by atoms with Crippen LogP contribution in [0, 0.1) is 5.92 Å². The average molecular weight is 241 g/mol. The number of carbonyl (C=O) groups is 1. The number of carboxylic acids is 1. The monoisotopic (exact) mass is 241 g/mol. The summed E-state index contributed by atoms with van der Waals surface area (Å²) < 4.78 is 0. The second-order valence-electron chi connectivity index (χ2n) is 5.87. The van der Waals surface area contributed by atoms with Crippen molar-refractivity contribution in [2.45, 2.75) is 70.9 Å². The number of nitrogens with zero attached hydrogens (tertiary/aromatic N) is 1. The number of carboxylic acid groups (broad SMARTS) is 1. The van der Waals surface area contributed by atoms with E-state index in [1.807, 2.05) is 14.0 Å². The minimum atomic E-state index is -0.698. The first-order valence-electron chi connectivity index (χ1n) is 6.88. The van der Waals surface area contributed by atoms with Crippen LogP contribution in [0.5, 0.6) is 0 Å². The molecule has 0 heterocycles. The number of likely N-dealkylation sites (N-methyl/N-ethyl adjacent to an activating group) is 1. The summed E-state index contributed by atoms with van der Waals surface area (Å²) in [5.41, 5.74) is -0.698.